The molecule has 0 aromatic carbocycles. The summed E-state index contributed by atoms with van der Waals surface area (Å²) >= 11 is 7.20. The van der Waals surface area contributed by atoms with E-state index in [9.17, 15) is 22.8 Å². The van der Waals surface area contributed by atoms with E-state index in [1.807, 2.05) is 0 Å². The molecule has 212 valence electrons. The third-order valence-corrected chi connectivity index (χ3v) is 7.25. The second-order valence-corrected chi connectivity index (χ2v) is 10.2. The van der Waals surface area contributed by atoms with Crippen LogP contribution in [0.4, 0.5) is 18.3 Å². The highest BCUT2D eigenvalue weighted by atomic mass is 35.5. The second kappa shape index (κ2) is 10.9. The lowest BCUT2D eigenvalue weighted by molar-refractivity contribution is -0.138. The van der Waals surface area contributed by atoms with Gasteiger partial charge in [0, 0.05) is 29.2 Å². The number of rotatable bonds is 6. The molecule has 0 spiro atoms. The Bertz CT molecular complexity index is 1660. The average molecular weight is 606 g/mol. The van der Waals surface area contributed by atoms with E-state index in [1.54, 1.807) is 19.1 Å². The lowest BCUT2D eigenvalue weighted by Crippen LogP contribution is -2.29. The van der Waals surface area contributed by atoms with Gasteiger partial charge in [-0.05, 0) is 19.1 Å². The number of nitrogens with one attached hydrogen (secondary N) is 1. The van der Waals surface area contributed by atoms with Crippen LogP contribution in [0.15, 0.2) is 30.7 Å². The molecule has 0 radical (unpaired) electrons. The predicted octanol–water partition coefficient (Wildman–Crippen LogP) is 4.80. The molecule has 0 atom stereocenters. The highest BCUT2D eigenvalue weighted by molar-refractivity contribution is 7.16. The number of fused-ring (bicyclic) bond motifs is 1. The van der Waals surface area contributed by atoms with E-state index in [4.69, 9.17) is 21.1 Å². The van der Waals surface area contributed by atoms with Gasteiger partial charge in [0.25, 0.3) is 11.8 Å². The summed E-state index contributed by atoms with van der Waals surface area (Å²) < 4.78 is 50.7. The van der Waals surface area contributed by atoms with Crippen molar-refractivity contribution in [2.75, 3.05) is 19.5 Å². The van der Waals surface area contributed by atoms with Crippen LogP contribution in [0.1, 0.15) is 42.7 Å². The van der Waals surface area contributed by atoms with Gasteiger partial charge in [-0.3, -0.25) is 19.9 Å². The molecular formula is C25H19ClF3N7O4S. The van der Waals surface area contributed by atoms with E-state index in [1.165, 1.54) is 31.5 Å². The number of nitrogens with zero attached hydrogens (tertiary/aromatic N) is 6. The fourth-order valence-corrected chi connectivity index (χ4v) is 5.28. The summed E-state index contributed by atoms with van der Waals surface area (Å²) in [5.74, 6) is -1.05. The molecule has 4 aromatic rings. The maximum atomic E-state index is 13.5. The number of thiazole rings is 1. The Kier molecular flexibility index (Phi) is 7.48. The molecule has 16 heteroatoms. The first-order valence-electron chi connectivity index (χ1n) is 11.7. The molecular weight excluding hydrogens is 587 g/mol. The van der Waals surface area contributed by atoms with Gasteiger partial charge in [0.2, 0.25) is 0 Å². The Hall–Kier alpha value is -4.37. The fourth-order valence-electron chi connectivity index (χ4n) is 4.14. The minimum absolute atomic E-state index is 0.0185. The maximum absolute atomic E-state index is 13.5. The SMILES string of the molecule is COc1ncc(C(F)(F)F)c(C(=O)N2Cc3nc(NC(=O)c4cnc(C)cc4-c4cc(Cl)ncc4OC)sc3C2)n1. The molecule has 0 aliphatic carbocycles. The minimum Gasteiger partial charge on any atom is -0.494 e. The van der Waals surface area contributed by atoms with Gasteiger partial charge in [-0.15, -0.1) is 0 Å². The van der Waals surface area contributed by atoms with Gasteiger partial charge < -0.3 is 14.4 Å². The van der Waals surface area contributed by atoms with Gasteiger partial charge in [-0.2, -0.15) is 18.2 Å². The zero-order valence-electron chi connectivity index (χ0n) is 21.5. The van der Waals surface area contributed by atoms with E-state index in [2.05, 4.69) is 30.2 Å². The third kappa shape index (κ3) is 5.63. The summed E-state index contributed by atoms with van der Waals surface area (Å²) in [5, 5.41) is 3.20. The van der Waals surface area contributed by atoms with Crippen molar-refractivity contribution in [2.45, 2.75) is 26.2 Å². The molecule has 0 fully saturated rings. The Morgan fingerprint density at radius 3 is 2.49 bits per heavy atom. The number of aryl methyl sites for hydroxylation is 1. The molecule has 4 aromatic heterocycles. The van der Waals surface area contributed by atoms with Crippen LogP contribution in [-0.2, 0) is 19.3 Å². The van der Waals surface area contributed by atoms with Crippen LogP contribution in [0.25, 0.3) is 11.1 Å². The van der Waals surface area contributed by atoms with Gasteiger partial charge in [0.1, 0.15) is 22.2 Å². The summed E-state index contributed by atoms with van der Waals surface area (Å²) in [6.07, 6.45) is -1.46. The highest BCUT2D eigenvalue weighted by Gasteiger charge is 2.40. The smallest absolute Gasteiger partial charge is 0.420 e. The van der Waals surface area contributed by atoms with Crippen molar-refractivity contribution < 1.29 is 32.2 Å². The molecule has 0 saturated heterocycles. The molecule has 1 aliphatic rings. The Morgan fingerprint density at radius 2 is 1.80 bits per heavy atom. The van der Waals surface area contributed by atoms with Gasteiger partial charge >= 0.3 is 12.2 Å². The molecule has 0 unspecified atom stereocenters. The molecule has 1 N–H and O–H groups in total. The Balaban J connectivity index is 1.37. The number of hydrogen-bond donors (Lipinski definition) is 1. The van der Waals surface area contributed by atoms with Crippen LogP contribution in [0.5, 0.6) is 11.8 Å². The second-order valence-electron chi connectivity index (χ2n) is 8.70. The van der Waals surface area contributed by atoms with E-state index < -0.39 is 29.2 Å². The zero-order chi connectivity index (χ0) is 29.5. The number of amides is 2. The normalized spacial score (nSPS) is 12.7. The highest BCUT2D eigenvalue weighted by Crippen LogP contribution is 2.37. The summed E-state index contributed by atoms with van der Waals surface area (Å²) in [5.41, 5.74) is 0.280. The van der Waals surface area contributed by atoms with E-state index in [-0.39, 0.29) is 34.9 Å². The first-order valence-corrected chi connectivity index (χ1v) is 12.9. The van der Waals surface area contributed by atoms with Gasteiger partial charge in [-0.25, -0.2) is 15.0 Å². The Morgan fingerprint density at radius 1 is 1.02 bits per heavy atom. The molecule has 0 saturated carbocycles. The number of pyridine rings is 2. The van der Waals surface area contributed by atoms with Gasteiger partial charge in [0.15, 0.2) is 5.13 Å². The topological polar surface area (TPSA) is 132 Å². The van der Waals surface area contributed by atoms with E-state index >= 15 is 0 Å². The number of aromatic nitrogens is 5. The number of halogens is 4. The van der Waals surface area contributed by atoms with Crippen LogP contribution in [0.3, 0.4) is 0 Å². The number of ether oxygens (including phenoxy) is 2. The Labute approximate surface area is 239 Å². The van der Waals surface area contributed by atoms with Crippen molar-refractivity contribution in [2.24, 2.45) is 0 Å². The van der Waals surface area contributed by atoms with Gasteiger partial charge in [-0.1, -0.05) is 22.9 Å². The first-order chi connectivity index (χ1) is 19.5. The van der Waals surface area contributed by atoms with Crippen molar-refractivity contribution in [3.05, 3.63) is 69.0 Å². The lowest BCUT2D eigenvalue weighted by atomic mass is 10.0. The zero-order valence-corrected chi connectivity index (χ0v) is 23.1. The van der Waals surface area contributed by atoms with Crippen molar-refractivity contribution in [1.29, 1.82) is 0 Å². The summed E-state index contributed by atoms with van der Waals surface area (Å²) in [6.45, 7) is 1.68. The fraction of sp³-hybridized carbons (Fsp3) is 0.240. The standard InChI is InChI=1S/C25H19ClF3N7O4S/c1-11-4-12(13-5-19(26)31-8-17(13)39-2)14(6-30-11)21(37)35-24-33-16-9-36(10-18(16)41-24)22(38)20-15(25(27,28)29)7-32-23(34-20)40-3/h4-8H,9-10H2,1-3H3,(H,33,35,37). The van der Waals surface area contributed by atoms with Crippen LogP contribution in [0.2, 0.25) is 5.15 Å². The monoisotopic (exact) mass is 605 g/mol. The van der Waals surface area contributed by atoms with E-state index in [0.29, 0.717) is 39.3 Å². The van der Waals surface area contributed by atoms with Crippen LogP contribution >= 0.6 is 22.9 Å². The molecule has 5 rings (SSSR count). The number of anilines is 1. The molecule has 2 amide bonds. The predicted molar refractivity (Wildman–Crippen MR) is 141 cm³/mol. The third-order valence-electron chi connectivity index (χ3n) is 6.05. The van der Waals surface area contributed by atoms with Crippen LogP contribution < -0.4 is 14.8 Å². The number of methoxy groups -OCH3 is 2. The molecule has 1 aliphatic heterocycles. The minimum atomic E-state index is -4.84. The molecule has 41 heavy (non-hydrogen) atoms. The van der Waals surface area contributed by atoms with Crippen molar-refractivity contribution >= 4 is 39.9 Å². The van der Waals surface area contributed by atoms with Crippen molar-refractivity contribution in [3.8, 4) is 22.9 Å². The number of carbonyl (C=O) groups is 2. The quantitative estimate of drug-likeness (QED) is 0.308. The van der Waals surface area contributed by atoms with Crippen LogP contribution in [0, 0.1) is 6.92 Å². The number of alkyl halides is 3. The maximum Gasteiger partial charge on any atom is 0.420 e. The van der Waals surface area contributed by atoms with Crippen LogP contribution in [-0.4, -0.2) is 55.9 Å². The van der Waals surface area contributed by atoms with Crippen molar-refractivity contribution in [1.82, 2.24) is 29.8 Å². The summed E-state index contributed by atoms with van der Waals surface area (Å²) in [4.78, 5) is 47.9. The average Bonchev–Trinajstić information content (AvgIpc) is 3.50. The van der Waals surface area contributed by atoms with E-state index in [0.717, 1.165) is 11.3 Å². The molecule has 0 bridgehead atoms. The molecule has 5 heterocycles. The van der Waals surface area contributed by atoms with Crippen molar-refractivity contribution in [3.63, 3.8) is 0 Å². The largest absolute Gasteiger partial charge is 0.494 e. The molecule has 11 nitrogen and oxygen atoms in total. The van der Waals surface area contributed by atoms with Gasteiger partial charge in [0.05, 0.1) is 49.6 Å². The number of hydrogen-bond acceptors (Lipinski definition) is 10. The summed E-state index contributed by atoms with van der Waals surface area (Å²) in [7, 11) is 2.65. The summed E-state index contributed by atoms with van der Waals surface area (Å²) in [6, 6.07) is 2.92. The lowest BCUT2D eigenvalue weighted by Gasteiger charge is -2.18. The first kappa shape index (κ1) is 28.2. The number of carbonyl (C=O) groups excluding carboxylic acids is 2.